The van der Waals surface area contributed by atoms with Crippen LogP contribution in [0.1, 0.15) is 25.7 Å². The third-order valence-electron chi connectivity index (χ3n) is 3.78. The summed E-state index contributed by atoms with van der Waals surface area (Å²) < 4.78 is 27.7. The van der Waals surface area contributed by atoms with Gasteiger partial charge in [-0.3, -0.25) is 4.79 Å². The van der Waals surface area contributed by atoms with Crippen LogP contribution in [0.5, 0.6) is 0 Å². The third kappa shape index (κ3) is 2.63. The number of carbonyl (C=O) groups excluding carboxylic acids is 1. The van der Waals surface area contributed by atoms with Crippen molar-refractivity contribution >= 4 is 15.7 Å². The lowest BCUT2D eigenvalue weighted by atomic mass is 9.68. The Hall–Kier alpha value is -0.620. The van der Waals surface area contributed by atoms with Gasteiger partial charge in [0.25, 0.3) is 0 Å². The van der Waals surface area contributed by atoms with Crippen LogP contribution in [0, 0.1) is 5.41 Å². The molecule has 1 aliphatic carbocycles. The van der Waals surface area contributed by atoms with Crippen molar-refractivity contribution in [2.24, 2.45) is 5.41 Å². The third-order valence-corrected chi connectivity index (χ3v) is 5.55. The molecule has 2 aliphatic rings. The zero-order valence-electron chi connectivity index (χ0n) is 10.1. The minimum Gasteiger partial charge on any atom is -0.384 e. The van der Waals surface area contributed by atoms with Gasteiger partial charge in [0.2, 0.25) is 5.91 Å². The van der Waals surface area contributed by atoms with Crippen LogP contribution in [0.3, 0.4) is 0 Å². The molecule has 17 heavy (non-hydrogen) atoms. The number of methoxy groups -OCH3 is 1. The maximum absolute atomic E-state index is 12.1. The summed E-state index contributed by atoms with van der Waals surface area (Å²) in [7, 11) is -1.34. The molecule has 0 aromatic rings. The second-order valence-electron chi connectivity index (χ2n) is 5.14. The molecule has 1 amide bonds. The first kappa shape index (κ1) is 12.8. The molecule has 6 heteroatoms. The number of rotatable bonds is 4. The molecular formula is C11H19NO4S. The van der Waals surface area contributed by atoms with E-state index in [9.17, 15) is 13.2 Å². The molecule has 1 unspecified atom stereocenters. The second kappa shape index (κ2) is 4.57. The van der Waals surface area contributed by atoms with Crippen molar-refractivity contribution in [3.8, 4) is 0 Å². The Balaban J connectivity index is 1.93. The summed E-state index contributed by atoms with van der Waals surface area (Å²) in [5.74, 6) is 0.240. The molecule has 1 saturated carbocycles. The van der Waals surface area contributed by atoms with Gasteiger partial charge in [-0.2, -0.15) is 0 Å². The summed E-state index contributed by atoms with van der Waals surface area (Å²) in [5.41, 5.74) is -0.402. The van der Waals surface area contributed by atoms with E-state index in [0.29, 0.717) is 13.0 Å². The van der Waals surface area contributed by atoms with E-state index in [2.05, 4.69) is 5.32 Å². The Bertz CT molecular complexity index is 400. The standard InChI is InChI=1S/C11H19NO4S/c1-16-8-11(4-2-5-11)10(13)12-9-3-6-17(14,15)7-9/h9H,2-8H2,1H3,(H,12,13). The van der Waals surface area contributed by atoms with Crippen molar-refractivity contribution < 1.29 is 17.9 Å². The van der Waals surface area contributed by atoms with E-state index in [-0.39, 0.29) is 23.5 Å². The van der Waals surface area contributed by atoms with Crippen LogP contribution in [0.2, 0.25) is 0 Å². The smallest absolute Gasteiger partial charge is 0.228 e. The van der Waals surface area contributed by atoms with E-state index in [1.165, 1.54) is 0 Å². The maximum atomic E-state index is 12.1. The zero-order valence-corrected chi connectivity index (χ0v) is 10.9. The first-order chi connectivity index (χ1) is 7.97. The van der Waals surface area contributed by atoms with Crippen molar-refractivity contribution in [3.05, 3.63) is 0 Å². The second-order valence-corrected chi connectivity index (χ2v) is 7.37. The molecule has 2 fully saturated rings. The molecule has 1 N–H and O–H groups in total. The van der Waals surface area contributed by atoms with Gasteiger partial charge in [0.1, 0.15) is 0 Å². The molecule has 5 nitrogen and oxygen atoms in total. The average Bonchev–Trinajstić information content (AvgIpc) is 2.51. The molecule has 2 rings (SSSR count). The lowest BCUT2D eigenvalue weighted by Crippen LogP contribution is -2.51. The number of hydrogen-bond acceptors (Lipinski definition) is 4. The van der Waals surface area contributed by atoms with Gasteiger partial charge >= 0.3 is 0 Å². The highest BCUT2D eigenvalue weighted by atomic mass is 32.2. The highest BCUT2D eigenvalue weighted by Gasteiger charge is 2.45. The average molecular weight is 261 g/mol. The van der Waals surface area contributed by atoms with Crippen LogP contribution in [-0.2, 0) is 19.4 Å². The van der Waals surface area contributed by atoms with Crippen molar-refractivity contribution in [2.45, 2.75) is 31.7 Å². The quantitative estimate of drug-likeness (QED) is 0.779. The lowest BCUT2D eigenvalue weighted by molar-refractivity contribution is -0.141. The normalized spacial score (nSPS) is 29.6. The first-order valence-electron chi connectivity index (χ1n) is 5.98. The summed E-state index contributed by atoms with van der Waals surface area (Å²) in [5, 5.41) is 2.86. The molecule has 0 radical (unpaired) electrons. The van der Waals surface area contributed by atoms with Crippen LogP contribution in [0.15, 0.2) is 0 Å². The van der Waals surface area contributed by atoms with Gasteiger partial charge in [0, 0.05) is 13.2 Å². The number of hydrogen-bond donors (Lipinski definition) is 1. The van der Waals surface area contributed by atoms with Gasteiger partial charge in [-0.15, -0.1) is 0 Å². The van der Waals surface area contributed by atoms with E-state index >= 15 is 0 Å². The molecule has 0 aromatic carbocycles. The van der Waals surface area contributed by atoms with E-state index in [1.807, 2.05) is 0 Å². The van der Waals surface area contributed by atoms with Gasteiger partial charge in [-0.25, -0.2) is 8.42 Å². The van der Waals surface area contributed by atoms with Gasteiger partial charge in [0.05, 0.1) is 23.5 Å². The molecule has 1 heterocycles. The molecule has 0 bridgehead atoms. The number of nitrogens with one attached hydrogen (secondary N) is 1. The Morgan fingerprint density at radius 2 is 2.18 bits per heavy atom. The number of amides is 1. The van der Waals surface area contributed by atoms with Gasteiger partial charge in [-0.1, -0.05) is 6.42 Å². The van der Waals surface area contributed by atoms with Crippen molar-refractivity contribution in [2.75, 3.05) is 25.2 Å². The van der Waals surface area contributed by atoms with Gasteiger partial charge in [0.15, 0.2) is 9.84 Å². The summed E-state index contributed by atoms with van der Waals surface area (Å²) in [6, 6.07) is -0.207. The molecular weight excluding hydrogens is 242 g/mol. The Kier molecular flexibility index (Phi) is 3.45. The molecule has 1 atom stereocenters. The minimum atomic E-state index is -2.93. The molecule has 98 valence electrons. The van der Waals surface area contributed by atoms with Gasteiger partial charge in [-0.05, 0) is 19.3 Å². The fraction of sp³-hybridized carbons (Fsp3) is 0.909. The van der Waals surface area contributed by atoms with Crippen LogP contribution in [0.25, 0.3) is 0 Å². The van der Waals surface area contributed by atoms with E-state index in [0.717, 1.165) is 19.3 Å². The maximum Gasteiger partial charge on any atom is 0.228 e. The highest BCUT2D eigenvalue weighted by molar-refractivity contribution is 7.91. The number of carbonyl (C=O) groups is 1. The van der Waals surface area contributed by atoms with Crippen LogP contribution in [-0.4, -0.2) is 45.6 Å². The molecule has 1 saturated heterocycles. The number of sulfone groups is 1. The summed E-state index contributed by atoms with van der Waals surface area (Å²) in [6.07, 6.45) is 3.26. The van der Waals surface area contributed by atoms with Crippen LogP contribution >= 0.6 is 0 Å². The Labute approximate surface area is 102 Å². The van der Waals surface area contributed by atoms with E-state index in [4.69, 9.17) is 4.74 Å². The SMILES string of the molecule is COCC1(C(=O)NC2CCS(=O)(=O)C2)CCC1. The monoisotopic (exact) mass is 261 g/mol. The predicted molar refractivity (Wildman–Crippen MR) is 63.4 cm³/mol. The van der Waals surface area contributed by atoms with Crippen molar-refractivity contribution in [1.82, 2.24) is 5.32 Å². The Morgan fingerprint density at radius 1 is 1.47 bits per heavy atom. The minimum absolute atomic E-state index is 0.0345. The first-order valence-corrected chi connectivity index (χ1v) is 7.80. The van der Waals surface area contributed by atoms with Crippen molar-refractivity contribution in [3.63, 3.8) is 0 Å². The van der Waals surface area contributed by atoms with Crippen LogP contribution in [0.4, 0.5) is 0 Å². The number of ether oxygens (including phenoxy) is 1. The Morgan fingerprint density at radius 3 is 2.59 bits per heavy atom. The molecule has 1 aliphatic heterocycles. The fourth-order valence-corrected chi connectivity index (χ4v) is 4.24. The van der Waals surface area contributed by atoms with Crippen LogP contribution < -0.4 is 5.32 Å². The largest absolute Gasteiger partial charge is 0.384 e. The topological polar surface area (TPSA) is 72.5 Å². The summed E-state index contributed by atoms with van der Waals surface area (Å²) >= 11 is 0. The van der Waals surface area contributed by atoms with E-state index in [1.54, 1.807) is 7.11 Å². The fourth-order valence-electron chi connectivity index (χ4n) is 2.56. The molecule has 0 spiro atoms. The van der Waals surface area contributed by atoms with Crippen molar-refractivity contribution in [1.29, 1.82) is 0 Å². The lowest BCUT2D eigenvalue weighted by Gasteiger charge is -2.40. The van der Waals surface area contributed by atoms with E-state index < -0.39 is 15.3 Å². The summed E-state index contributed by atoms with van der Waals surface area (Å²) in [6.45, 7) is 0.429. The zero-order chi connectivity index (χ0) is 12.5. The highest BCUT2D eigenvalue weighted by Crippen LogP contribution is 2.41. The predicted octanol–water partition coefficient (Wildman–Crippen LogP) is 0.106. The molecule has 0 aromatic heterocycles. The van der Waals surface area contributed by atoms with Gasteiger partial charge < -0.3 is 10.1 Å². The summed E-state index contributed by atoms with van der Waals surface area (Å²) in [4.78, 5) is 12.1.